The molecule has 20 heavy (non-hydrogen) atoms. The zero-order chi connectivity index (χ0) is 14.1. The summed E-state index contributed by atoms with van der Waals surface area (Å²) in [6.07, 6.45) is 0. The molecule has 2 N–H and O–H groups in total. The quantitative estimate of drug-likeness (QED) is 0.890. The van der Waals surface area contributed by atoms with Gasteiger partial charge in [-0.1, -0.05) is 57.9 Å². The van der Waals surface area contributed by atoms with Gasteiger partial charge in [-0.15, -0.1) is 0 Å². The normalized spacial score (nSPS) is 18.2. The van der Waals surface area contributed by atoms with Gasteiger partial charge < -0.3 is 10.6 Å². The van der Waals surface area contributed by atoms with Gasteiger partial charge >= 0.3 is 0 Å². The Kier molecular flexibility index (Phi) is 3.68. The second-order valence-electron chi connectivity index (χ2n) is 4.56. The van der Waals surface area contributed by atoms with E-state index in [4.69, 9.17) is 17.3 Å². The largest absolute Gasteiger partial charge is 0.369 e. The summed E-state index contributed by atoms with van der Waals surface area (Å²) in [6, 6.07) is 15.8. The number of halogens is 2. The van der Waals surface area contributed by atoms with E-state index in [2.05, 4.69) is 27.0 Å². The molecule has 0 radical (unpaired) electrons. The van der Waals surface area contributed by atoms with Crippen molar-refractivity contribution in [3.63, 3.8) is 0 Å². The minimum Gasteiger partial charge on any atom is -0.369 e. The minimum atomic E-state index is 0.0606. The third-order valence-electron chi connectivity index (χ3n) is 3.36. The van der Waals surface area contributed by atoms with Gasteiger partial charge in [0.15, 0.2) is 5.96 Å². The number of benzene rings is 2. The maximum absolute atomic E-state index is 6.30. The standard InChI is InChI=1S/C15H13BrClN3/c16-11-6-2-1-5-10(11)14-9-19-15(18)20(14)13-8-4-3-7-12(13)17/h1-8,14H,9H2,(H2,18,19). The highest BCUT2D eigenvalue weighted by Gasteiger charge is 2.31. The molecule has 3 nitrogen and oxygen atoms in total. The fourth-order valence-electron chi connectivity index (χ4n) is 2.42. The molecule has 2 aromatic carbocycles. The molecule has 1 heterocycles. The summed E-state index contributed by atoms with van der Waals surface area (Å²) in [6.45, 7) is 0.625. The van der Waals surface area contributed by atoms with Crippen molar-refractivity contribution in [2.45, 2.75) is 6.04 Å². The van der Waals surface area contributed by atoms with Crippen LogP contribution in [0.25, 0.3) is 0 Å². The summed E-state index contributed by atoms with van der Waals surface area (Å²) in [4.78, 5) is 6.36. The number of guanidine groups is 1. The van der Waals surface area contributed by atoms with E-state index in [0.29, 0.717) is 17.5 Å². The van der Waals surface area contributed by atoms with Crippen LogP contribution in [-0.2, 0) is 0 Å². The van der Waals surface area contributed by atoms with Crippen LogP contribution < -0.4 is 10.6 Å². The van der Waals surface area contributed by atoms with Crippen LogP contribution in [0.5, 0.6) is 0 Å². The van der Waals surface area contributed by atoms with Gasteiger partial charge in [-0.25, -0.2) is 0 Å². The van der Waals surface area contributed by atoms with Crippen LogP contribution in [0, 0.1) is 0 Å². The van der Waals surface area contributed by atoms with Crippen molar-refractivity contribution < 1.29 is 0 Å². The molecule has 0 amide bonds. The zero-order valence-corrected chi connectivity index (χ0v) is 13.0. The molecule has 0 spiro atoms. The summed E-state index contributed by atoms with van der Waals surface area (Å²) in [5.41, 5.74) is 8.09. The van der Waals surface area contributed by atoms with Gasteiger partial charge in [0.25, 0.3) is 0 Å². The number of rotatable bonds is 2. The molecule has 1 atom stereocenters. The van der Waals surface area contributed by atoms with Crippen LogP contribution in [0.15, 0.2) is 58.0 Å². The topological polar surface area (TPSA) is 41.6 Å². The predicted molar refractivity (Wildman–Crippen MR) is 87.3 cm³/mol. The summed E-state index contributed by atoms with van der Waals surface area (Å²) in [5.74, 6) is 0.499. The Morgan fingerprint density at radius 1 is 1.15 bits per heavy atom. The molecular weight excluding hydrogens is 338 g/mol. The van der Waals surface area contributed by atoms with Crippen molar-refractivity contribution in [1.82, 2.24) is 0 Å². The Balaban J connectivity index is 2.06. The Morgan fingerprint density at radius 2 is 1.85 bits per heavy atom. The molecular formula is C15H13BrClN3. The highest BCUT2D eigenvalue weighted by atomic mass is 79.9. The monoisotopic (exact) mass is 349 g/mol. The molecule has 0 saturated carbocycles. The highest BCUT2D eigenvalue weighted by Crippen LogP contribution is 2.37. The second kappa shape index (κ2) is 5.46. The van der Waals surface area contributed by atoms with Crippen LogP contribution >= 0.6 is 27.5 Å². The maximum atomic E-state index is 6.30. The average Bonchev–Trinajstić information content (AvgIpc) is 2.82. The van der Waals surface area contributed by atoms with Crippen molar-refractivity contribution in [1.29, 1.82) is 0 Å². The van der Waals surface area contributed by atoms with E-state index in [1.54, 1.807) is 0 Å². The first-order valence-electron chi connectivity index (χ1n) is 6.26. The number of nitrogens with two attached hydrogens (primary N) is 1. The summed E-state index contributed by atoms with van der Waals surface area (Å²) >= 11 is 9.89. The first-order valence-corrected chi connectivity index (χ1v) is 7.43. The van der Waals surface area contributed by atoms with Crippen molar-refractivity contribution >= 4 is 39.2 Å². The minimum absolute atomic E-state index is 0.0606. The number of hydrogen-bond acceptors (Lipinski definition) is 3. The Hall–Kier alpha value is -1.52. The lowest BCUT2D eigenvalue weighted by Gasteiger charge is -2.28. The number of nitrogens with zero attached hydrogens (tertiary/aromatic N) is 2. The number of para-hydroxylation sites is 1. The zero-order valence-electron chi connectivity index (χ0n) is 10.6. The van der Waals surface area contributed by atoms with Crippen LogP contribution in [0.3, 0.4) is 0 Å². The van der Waals surface area contributed by atoms with Crippen LogP contribution in [0.2, 0.25) is 5.02 Å². The molecule has 0 aromatic heterocycles. The second-order valence-corrected chi connectivity index (χ2v) is 5.82. The molecule has 0 fully saturated rings. The molecule has 0 aliphatic carbocycles. The van der Waals surface area contributed by atoms with E-state index in [1.807, 2.05) is 47.4 Å². The smallest absolute Gasteiger partial charge is 0.196 e. The highest BCUT2D eigenvalue weighted by molar-refractivity contribution is 9.10. The van der Waals surface area contributed by atoms with Crippen molar-refractivity contribution in [2.24, 2.45) is 10.7 Å². The van der Waals surface area contributed by atoms with Gasteiger partial charge in [0, 0.05) is 4.47 Å². The molecule has 1 unspecified atom stereocenters. The van der Waals surface area contributed by atoms with E-state index in [0.717, 1.165) is 15.7 Å². The molecule has 5 heteroatoms. The molecule has 2 aromatic rings. The Morgan fingerprint density at radius 3 is 2.60 bits per heavy atom. The maximum Gasteiger partial charge on any atom is 0.196 e. The Bertz CT molecular complexity index is 672. The molecule has 1 aliphatic heterocycles. The number of anilines is 1. The Labute approximate surface area is 131 Å². The summed E-state index contributed by atoms with van der Waals surface area (Å²) in [5, 5.41) is 0.671. The van der Waals surface area contributed by atoms with E-state index < -0.39 is 0 Å². The van der Waals surface area contributed by atoms with Crippen LogP contribution in [-0.4, -0.2) is 12.5 Å². The van der Waals surface area contributed by atoms with E-state index in [-0.39, 0.29) is 6.04 Å². The van der Waals surface area contributed by atoms with E-state index >= 15 is 0 Å². The molecule has 3 rings (SSSR count). The third kappa shape index (κ3) is 2.30. The lowest BCUT2D eigenvalue weighted by atomic mass is 10.1. The average molecular weight is 351 g/mol. The third-order valence-corrected chi connectivity index (χ3v) is 4.40. The first-order chi connectivity index (χ1) is 9.68. The summed E-state index contributed by atoms with van der Waals surface area (Å²) < 4.78 is 1.05. The van der Waals surface area contributed by atoms with Gasteiger partial charge in [-0.3, -0.25) is 4.99 Å². The number of hydrogen-bond donors (Lipinski definition) is 1. The predicted octanol–water partition coefficient (Wildman–Crippen LogP) is 3.98. The lowest BCUT2D eigenvalue weighted by Crippen LogP contribution is -2.36. The van der Waals surface area contributed by atoms with E-state index in [1.165, 1.54) is 0 Å². The van der Waals surface area contributed by atoms with Gasteiger partial charge in [-0.2, -0.15) is 0 Å². The molecule has 0 bridgehead atoms. The summed E-state index contributed by atoms with van der Waals surface area (Å²) in [7, 11) is 0. The fourth-order valence-corrected chi connectivity index (χ4v) is 3.19. The lowest BCUT2D eigenvalue weighted by molar-refractivity contribution is 0.765. The first kappa shape index (κ1) is 13.5. The van der Waals surface area contributed by atoms with Gasteiger partial charge in [0.1, 0.15) is 0 Å². The fraction of sp³-hybridized carbons (Fsp3) is 0.133. The van der Waals surface area contributed by atoms with Crippen molar-refractivity contribution in [3.05, 3.63) is 63.6 Å². The van der Waals surface area contributed by atoms with E-state index in [9.17, 15) is 0 Å². The van der Waals surface area contributed by atoms with Crippen molar-refractivity contribution in [3.8, 4) is 0 Å². The van der Waals surface area contributed by atoms with Gasteiger partial charge in [0.05, 0.1) is 23.3 Å². The van der Waals surface area contributed by atoms with Crippen molar-refractivity contribution in [2.75, 3.05) is 11.4 Å². The SMILES string of the molecule is NC1=NCC(c2ccccc2Br)N1c1ccccc1Cl. The van der Waals surface area contributed by atoms with Crippen LogP contribution in [0.1, 0.15) is 11.6 Å². The molecule has 102 valence electrons. The van der Waals surface area contributed by atoms with Gasteiger partial charge in [-0.05, 0) is 23.8 Å². The molecule has 1 aliphatic rings. The number of aliphatic imine (C=N–C) groups is 1. The molecule has 0 saturated heterocycles. The van der Waals surface area contributed by atoms with Crippen LogP contribution in [0.4, 0.5) is 5.69 Å². The van der Waals surface area contributed by atoms with Gasteiger partial charge in [0.2, 0.25) is 0 Å².